The van der Waals surface area contributed by atoms with Crippen LogP contribution in [0.3, 0.4) is 0 Å². The van der Waals surface area contributed by atoms with Gasteiger partial charge in [0.2, 0.25) is 0 Å². The zero-order chi connectivity index (χ0) is 14.6. The summed E-state index contributed by atoms with van der Waals surface area (Å²) in [7, 11) is -3.20. The molecule has 0 aromatic heterocycles. The average Bonchev–Trinajstić information content (AvgIpc) is 2.39. The van der Waals surface area contributed by atoms with Gasteiger partial charge in [0.15, 0.2) is 9.84 Å². The highest BCUT2D eigenvalue weighted by Crippen LogP contribution is 2.09. The lowest BCUT2D eigenvalue weighted by Gasteiger charge is -2.03. The number of hydrogen-bond acceptors (Lipinski definition) is 5. The van der Waals surface area contributed by atoms with Crippen LogP contribution in [0.1, 0.15) is 64.7 Å². The van der Waals surface area contributed by atoms with E-state index in [0.717, 1.165) is 19.3 Å². The first-order valence-electron chi connectivity index (χ1n) is 7.06. The molecule has 0 saturated heterocycles. The van der Waals surface area contributed by atoms with Crippen LogP contribution in [0.5, 0.6) is 0 Å². The fourth-order valence-electron chi connectivity index (χ4n) is 1.84. The molecule has 0 saturated carbocycles. The summed E-state index contributed by atoms with van der Waals surface area (Å²) in [5, 5.41) is 8.02. The van der Waals surface area contributed by atoms with Crippen molar-refractivity contribution in [1.29, 1.82) is 0 Å². The van der Waals surface area contributed by atoms with Crippen LogP contribution >= 0.6 is 0 Å². The lowest BCUT2D eigenvalue weighted by atomic mass is 10.1. The fourth-order valence-corrected chi connectivity index (χ4v) is 3.17. The molecular formula is C13H26O5S. The van der Waals surface area contributed by atoms with Crippen molar-refractivity contribution in [2.45, 2.75) is 64.7 Å². The second kappa shape index (κ2) is 11.2. The molecule has 5 nitrogen and oxygen atoms in total. The van der Waals surface area contributed by atoms with Crippen LogP contribution in [0.15, 0.2) is 0 Å². The van der Waals surface area contributed by atoms with Gasteiger partial charge in [-0.05, 0) is 6.42 Å². The predicted molar refractivity (Wildman–Crippen MR) is 74.6 cm³/mol. The zero-order valence-corrected chi connectivity index (χ0v) is 12.6. The van der Waals surface area contributed by atoms with Gasteiger partial charge in [0.1, 0.15) is 0 Å². The molecule has 0 atom stereocenters. The maximum Gasteiger partial charge on any atom is 0.343 e. The first-order valence-corrected chi connectivity index (χ1v) is 8.88. The lowest BCUT2D eigenvalue weighted by molar-refractivity contribution is -0.233. The Kier molecular flexibility index (Phi) is 10.9. The van der Waals surface area contributed by atoms with E-state index in [-0.39, 0.29) is 17.9 Å². The molecule has 1 N–H and O–H groups in total. The van der Waals surface area contributed by atoms with E-state index in [9.17, 15) is 13.2 Å². The molecule has 6 heteroatoms. The molecule has 0 unspecified atom stereocenters. The highest BCUT2D eigenvalue weighted by Gasteiger charge is 2.13. The molecule has 0 aromatic rings. The van der Waals surface area contributed by atoms with E-state index in [1.54, 1.807) is 0 Å². The monoisotopic (exact) mass is 294 g/mol. The molecule has 0 rings (SSSR count). The smallest absolute Gasteiger partial charge is 0.301 e. The van der Waals surface area contributed by atoms with Gasteiger partial charge in [-0.25, -0.2) is 13.2 Å². The van der Waals surface area contributed by atoms with Gasteiger partial charge in [0.25, 0.3) is 0 Å². The fraction of sp³-hybridized carbons (Fsp3) is 0.923. The van der Waals surface area contributed by atoms with Crippen LogP contribution in [0.4, 0.5) is 0 Å². The largest absolute Gasteiger partial charge is 0.343 e. The first kappa shape index (κ1) is 18.4. The summed E-state index contributed by atoms with van der Waals surface area (Å²) in [4.78, 5) is 14.1. The summed E-state index contributed by atoms with van der Waals surface area (Å²) in [6.07, 6.45) is 8.50. The van der Waals surface area contributed by atoms with E-state index >= 15 is 0 Å². The van der Waals surface area contributed by atoms with E-state index in [0.29, 0.717) is 6.42 Å². The number of sulfone groups is 1. The van der Waals surface area contributed by atoms with Crippen LogP contribution in [0.25, 0.3) is 0 Å². The van der Waals surface area contributed by atoms with Crippen molar-refractivity contribution in [3.05, 3.63) is 0 Å². The second-order valence-electron chi connectivity index (χ2n) is 4.84. The van der Waals surface area contributed by atoms with Crippen molar-refractivity contribution in [3.63, 3.8) is 0 Å². The average molecular weight is 294 g/mol. The molecule has 19 heavy (non-hydrogen) atoms. The number of unbranched alkanes of at least 4 members (excludes halogenated alkanes) is 7. The summed E-state index contributed by atoms with van der Waals surface area (Å²) in [5.74, 6) is -1.04. The molecule has 0 aliphatic rings. The van der Waals surface area contributed by atoms with Crippen molar-refractivity contribution in [1.82, 2.24) is 0 Å². The van der Waals surface area contributed by atoms with Gasteiger partial charge in [0, 0.05) is 0 Å². The SMILES string of the molecule is CCCCCCCCCCS(=O)(=O)CCC(=O)OO. The number of carbonyl (C=O) groups is 1. The maximum atomic E-state index is 11.5. The van der Waals surface area contributed by atoms with Gasteiger partial charge in [-0.15, -0.1) is 0 Å². The van der Waals surface area contributed by atoms with Crippen LogP contribution in [0, 0.1) is 0 Å². The number of rotatable bonds is 12. The van der Waals surface area contributed by atoms with Gasteiger partial charge in [-0.3, -0.25) is 0 Å². The Morgan fingerprint density at radius 2 is 1.47 bits per heavy atom. The zero-order valence-electron chi connectivity index (χ0n) is 11.8. The molecule has 0 spiro atoms. The highest BCUT2D eigenvalue weighted by molar-refractivity contribution is 7.91. The molecule has 0 fully saturated rings. The Balaban J connectivity index is 3.51. The van der Waals surface area contributed by atoms with Crippen molar-refractivity contribution < 1.29 is 23.4 Å². The third-order valence-electron chi connectivity index (χ3n) is 3.03. The van der Waals surface area contributed by atoms with Gasteiger partial charge in [0.05, 0.1) is 17.9 Å². The third kappa shape index (κ3) is 12.2. The van der Waals surface area contributed by atoms with Crippen molar-refractivity contribution >= 4 is 15.8 Å². The van der Waals surface area contributed by atoms with Gasteiger partial charge >= 0.3 is 5.97 Å². The minimum absolute atomic E-state index is 0.112. The Morgan fingerprint density at radius 1 is 0.947 bits per heavy atom. The molecule has 0 bridgehead atoms. The molecule has 0 heterocycles. The minimum atomic E-state index is -3.20. The summed E-state index contributed by atoms with van der Waals surface area (Å²) >= 11 is 0. The quantitative estimate of drug-likeness (QED) is 0.340. The first-order chi connectivity index (χ1) is 9.02. The van der Waals surface area contributed by atoms with Crippen LogP contribution in [-0.2, 0) is 19.5 Å². The van der Waals surface area contributed by atoms with Crippen molar-refractivity contribution in [3.8, 4) is 0 Å². The van der Waals surface area contributed by atoms with Gasteiger partial charge in [-0.2, -0.15) is 5.26 Å². The molecule has 0 aliphatic carbocycles. The van der Waals surface area contributed by atoms with E-state index in [1.807, 2.05) is 0 Å². The van der Waals surface area contributed by atoms with Crippen LogP contribution < -0.4 is 0 Å². The summed E-state index contributed by atoms with van der Waals surface area (Å²) in [6, 6.07) is 0. The Labute approximate surface area is 116 Å². The van der Waals surface area contributed by atoms with Crippen LogP contribution in [-0.4, -0.2) is 31.2 Å². The van der Waals surface area contributed by atoms with Crippen molar-refractivity contribution in [2.24, 2.45) is 0 Å². The van der Waals surface area contributed by atoms with E-state index < -0.39 is 15.8 Å². The molecule has 0 aliphatic heterocycles. The predicted octanol–water partition coefficient (Wildman–Crippen LogP) is 2.95. The molecule has 0 amide bonds. The number of carbonyl (C=O) groups excluding carboxylic acids is 1. The van der Waals surface area contributed by atoms with Crippen molar-refractivity contribution in [2.75, 3.05) is 11.5 Å². The molecule has 114 valence electrons. The Bertz CT molecular complexity index is 324. The Hall–Kier alpha value is -0.620. The second-order valence-corrected chi connectivity index (χ2v) is 7.14. The minimum Gasteiger partial charge on any atom is -0.301 e. The van der Waals surface area contributed by atoms with Gasteiger partial charge < -0.3 is 4.89 Å². The van der Waals surface area contributed by atoms with E-state index in [1.165, 1.54) is 25.7 Å². The maximum absolute atomic E-state index is 11.5. The summed E-state index contributed by atoms with van der Waals surface area (Å²) in [6.45, 7) is 2.18. The van der Waals surface area contributed by atoms with Crippen LogP contribution in [0.2, 0.25) is 0 Å². The lowest BCUT2D eigenvalue weighted by Crippen LogP contribution is -2.15. The third-order valence-corrected chi connectivity index (χ3v) is 4.76. The highest BCUT2D eigenvalue weighted by atomic mass is 32.2. The number of hydrogen-bond donors (Lipinski definition) is 1. The Morgan fingerprint density at radius 3 is 2.00 bits per heavy atom. The van der Waals surface area contributed by atoms with E-state index in [4.69, 9.17) is 5.26 Å². The topological polar surface area (TPSA) is 80.7 Å². The summed E-state index contributed by atoms with van der Waals surface area (Å²) < 4.78 is 23.1. The molecule has 0 radical (unpaired) electrons. The summed E-state index contributed by atoms with van der Waals surface area (Å²) in [5.41, 5.74) is 0. The molecular weight excluding hydrogens is 268 g/mol. The standard InChI is InChI=1S/C13H26O5S/c1-2-3-4-5-6-7-8-9-11-19(16,17)12-10-13(14)18-15/h15H,2-12H2,1H3. The molecule has 0 aromatic carbocycles. The normalized spacial score (nSPS) is 11.5. The van der Waals surface area contributed by atoms with Gasteiger partial charge in [-0.1, -0.05) is 51.9 Å². The van der Waals surface area contributed by atoms with E-state index in [2.05, 4.69) is 11.8 Å².